The molecule has 1 fully saturated rings. The fraction of sp³-hybridized carbons (Fsp3) is 0.350. The van der Waals surface area contributed by atoms with E-state index in [-0.39, 0.29) is 5.82 Å². The lowest BCUT2D eigenvalue weighted by molar-refractivity contribution is 0.172. The number of rotatable bonds is 2. The molecule has 5 rings (SSSR count). The first-order valence-electron chi connectivity index (χ1n) is 9.08. The average molecular weight is 353 g/mol. The van der Waals surface area contributed by atoms with Gasteiger partial charge in [0.25, 0.3) is 0 Å². The van der Waals surface area contributed by atoms with Crippen molar-refractivity contribution in [2.45, 2.75) is 18.9 Å². The van der Waals surface area contributed by atoms with Gasteiger partial charge in [-0.1, -0.05) is 0 Å². The summed E-state index contributed by atoms with van der Waals surface area (Å²) in [6.07, 6.45) is 2.07. The van der Waals surface area contributed by atoms with Gasteiger partial charge >= 0.3 is 0 Å². The summed E-state index contributed by atoms with van der Waals surface area (Å²) < 4.78 is 27.2. The Hall–Kier alpha value is -2.60. The van der Waals surface area contributed by atoms with Crippen LogP contribution < -0.4 is 14.8 Å². The summed E-state index contributed by atoms with van der Waals surface area (Å²) in [5, 5.41) is 3.41. The number of hydrogen-bond acceptors (Lipinski definition) is 4. The highest BCUT2D eigenvalue weighted by molar-refractivity contribution is 5.84. The molecule has 0 aliphatic carbocycles. The summed E-state index contributed by atoms with van der Waals surface area (Å²) in [7, 11) is 0. The van der Waals surface area contributed by atoms with E-state index in [1.165, 1.54) is 12.1 Å². The van der Waals surface area contributed by atoms with Crippen LogP contribution >= 0.6 is 0 Å². The van der Waals surface area contributed by atoms with Crippen LogP contribution in [0.4, 0.5) is 4.39 Å². The molecular weight excluding hydrogens is 333 g/mol. The molecule has 0 unspecified atom stereocenters. The number of imidazole rings is 1. The zero-order chi connectivity index (χ0) is 17.5. The second-order valence-corrected chi connectivity index (χ2v) is 6.78. The molecule has 0 atom stereocenters. The SMILES string of the molecule is Fc1ccc(-c2nc3cc4c(cc3n2C2CCNCC2)OCCO4)cc1. The van der Waals surface area contributed by atoms with Crippen LogP contribution in [0.5, 0.6) is 11.5 Å². The van der Waals surface area contributed by atoms with Crippen LogP contribution in [0.1, 0.15) is 18.9 Å². The number of halogens is 1. The zero-order valence-corrected chi connectivity index (χ0v) is 14.4. The number of fused-ring (bicyclic) bond motifs is 2. The summed E-state index contributed by atoms with van der Waals surface area (Å²) >= 11 is 0. The molecule has 1 saturated heterocycles. The Morgan fingerprint density at radius 2 is 1.69 bits per heavy atom. The van der Waals surface area contributed by atoms with E-state index in [4.69, 9.17) is 14.5 Å². The van der Waals surface area contributed by atoms with Crippen molar-refractivity contribution in [2.75, 3.05) is 26.3 Å². The molecule has 5 nitrogen and oxygen atoms in total. The number of piperidine rings is 1. The molecule has 1 aromatic heterocycles. The molecule has 0 amide bonds. The molecule has 6 heteroatoms. The number of hydrogen-bond donors (Lipinski definition) is 1. The van der Waals surface area contributed by atoms with E-state index >= 15 is 0 Å². The first-order chi connectivity index (χ1) is 12.8. The first-order valence-corrected chi connectivity index (χ1v) is 9.08. The molecule has 2 aliphatic rings. The minimum atomic E-state index is -0.240. The number of benzene rings is 2. The average Bonchev–Trinajstić information content (AvgIpc) is 3.05. The van der Waals surface area contributed by atoms with Crippen LogP contribution in [0.25, 0.3) is 22.4 Å². The Bertz CT molecular complexity index is 946. The van der Waals surface area contributed by atoms with Gasteiger partial charge in [0, 0.05) is 23.7 Å². The quantitative estimate of drug-likeness (QED) is 0.766. The number of nitrogens with one attached hydrogen (secondary N) is 1. The number of aromatic nitrogens is 2. The summed E-state index contributed by atoms with van der Waals surface area (Å²) in [4.78, 5) is 4.88. The highest BCUT2D eigenvalue weighted by Gasteiger charge is 2.24. The van der Waals surface area contributed by atoms with Crippen molar-refractivity contribution in [2.24, 2.45) is 0 Å². The van der Waals surface area contributed by atoms with Crippen molar-refractivity contribution in [1.82, 2.24) is 14.9 Å². The van der Waals surface area contributed by atoms with Crippen LogP contribution in [0, 0.1) is 5.82 Å². The monoisotopic (exact) mass is 353 g/mol. The summed E-state index contributed by atoms with van der Waals surface area (Å²) in [6.45, 7) is 3.08. The third-order valence-electron chi connectivity index (χ3n) is 5.13. The molecule has 0 bridgehead atoms. The summed E-state index contributed by atoms with van der Waals surface area (Å²) in [6, 6.07) is 10.9. The van der Waals surface area contributed by atoms with Crippen LogP contribution in [-0.4, -0.2) is 35.9 Å². The van der Waals surface area contributed by atoms with E-state index in [1.807, 2.05) is 12.1 Å². The Labute approximate surface area is 150 Å². The standard InChI is InChI=1S/C20H20FN3O2/c21-14-3-1-13(2-4-14)20-23-16-11-18-19(26-10-9-25-18)12-17(16)24(20)15-5-7-22-8-6-15/h1-4,11-12,15,22H,5-10H2. The Morgan fingerprint density at radius 3 is 2.42 bits per heavy atom. The first kappa shape index (κ1) is 15.6. The van der Waals surface area contributed by atoms with Gasteiger partial charge in [0.1, 0.15) is 24.9 Å². The van der Waals surface area contributed by atoms with Gasteiger partial charge in [-0.25, -0.2) is 9.37 Å². The fourth-order valence-electron chi connectivity index (χ4n) is 3.87. The molecule has 0 spiro atoms. The van der Waals surface area contributed by atoms with Crippen LogP contribution in [-0.2, 0) is 0 Å². The second-order valence-electron chi connectivity index (χ2n) is 6.78. The molecule has 0 radical (unpaired) electrons. The summed E-state index contributed by atoms with van der Waals surface area (Å²) in [5.41, 5.74) is 2.84. The van der Waals surface area contributed by atoms with Gasteiger partial charge in [0.05, 0.1) is 11.0 Å². The van der Waals surface area contributed by atoms with Crippen LogP contribution in [0.2, 0.25) is 0 Å². The van der Waals surface area contributed by atoms with E-state index < -0.39 is 0 Å². The van der Waals surface area contributed by atoms with E-state index in [0.29, 0.717) is 19.3 Å². The number of ether oxygens (including phenoxy) is 2. The maximum absolute atomic E-state index is 13.4. The van der Waals surface area contributed by atoms with Gasteiger partial charge < -0.3 is 19.4 Å². The van der Waals surface area contributed by atoms with Crippen molar-refractivity contribution in [3.63, 3.8) is 0 Å². The van der Waals surface area contributed by atoms with Gasteiger partial charge in [-0.2, -0.15) is 0 Å². The van der Waals surface area contributed by atoms with Gasteiger partial charge in [-0.05, 0) is 50.2 Å². The smallest absolute Gasteiger partial charge is 0.163 e. The fourth-order valence-corrected chi connectivity index (χ4v) is 3.87. The van der Waals surface area contributed by atoms with E-state index in [0.717, 1.165) is 59.9 Å². The molecule has 3 heterocycles. The third-order valence-corrected chi connectivity index (χ3v) is 5.13. The molecule has 2 aliphatic heterocycles. The lowest BCUT2D eigenvalue weighted by atomic mass is 10.1. The van der Waals surface area contributed by atoms with Crippen LogP contribution in [0.15, 0.2) is 36.4 Å². The predicted molar refractivity (Wildman–Crippen MR) is 97.3 cm³/mol. The Kier molecular flexibility index (Phi) is 3.78. The minimum absolute atomic E-state index is 0.240. The molecule has 3 aromatic rings. The van der Waals surface area contributed by atoms with Gasteiger partial charge in [-0.3, -0.25) is 0 Å². The molecule has 134 valence electrons. The van der Waals surface area contributed by atoms with Gasteiger partial charge in [-0.15, -0.1) is 0 Å². The molecule has 0 saturated carbocycles. The minimum Gasteiger partial charge on any atom is -0.486 e. The molecule has 26 heavy (non-hydrogen) atoms. The zero-order valence-electron chi connectivity index (χ0n) is 14.4. The van der Waals surface area contributed by atoms with Crippen molar-refractivity contribution < 1.29 is 13.9 Å². The van der Waals surface area contributed by atoms with E-state index in [1.54, 1.807) is 12.1 Å². The largest absolute Gasteiger partial charge is 0.486 e. The third kappa shape index (κ3) is 2.61. The molecular formula is C20H20FN3O2. The Balaban J connectivity index is 1.72. The van der Waals surface area contributed by atoms with Crippen molar-refractivity contribution in [3.8, 4) is 22.9 Å². The number of nitrogens with zero attached hydrogens (tertiary/aromatic N) is 2. The normalized spacial score (nSPS) is 17.6. The Morgan fingerprint density at radius 1 is 1.00 bits per heavy atom. The lowest BCUT2D eigenvalue weighted by Crippen LogP contribution is -2.29. The highest BCUT2D eigenvalue weighted by atomic mass is 19.1. The second kappa shape index (κ2) is 6.29. The van der Waals surface area contributed by atoms with Crippen molar-refractivity contribution in [3.05, 3.63) is 42.2 Å². The molecule has 1 N–H and O–H groups in total. The maximum atomic E-state index is 13.4. The van der Waals surface area contributed by atoms with Gasteiger partial charge in [0.15, 0.2) is 11.5 Å². The van der Waals surface area contributed by atoms with Crippen molar-refractivity contribution >= 4 is 11.0 Å². The van der Waals surface area contributed by atoms with E-state index in [9.17, 15) is 4.39 Å². The molecule has 2 aromatic carbocycles. The topological polar surface area (TPSA) is 48.3 Å². The van der Waals surface area contributed by atoms with Crippen molar-refractivity contribution in [1.29, 1.82) is 0 Å². The lowest BCUT2D eigenvalue weighted by Gasteiger charge is -2.26. The summed E-state index contributed by atoms with van der Waals surface area (Å²) in [5.74, 6) is 2.14. The van der Waals surface area contributed by atoms with Crippen LogP contribution in [0.3, 0.4) is 0 Å². The highest BCUT2D eigenvalue weighted by Crippen LogP contribution is 2.39. The predicted octanol–water partition coefficient (Wildman–Crippen LogP) is 3.54. The van der Waals surface area contributed by atoms with E-state index in [2.05, 4.69) is 9.88 Å². The maximum Gasteiger partial charge on any atom is 0.163 e. The van der Waals surface area contributed by atoms with Gasteiger partial charge in [0.2, 0.25) is 0 Å².